The third kappa shape index (κ3) is 3.14. The molecule has 1 N–H and O–H groups in total. The number of rotatable bonds is 5. The van der Waals surface area contributed by atoms with Crippen molar-refractivity contribution in [2.45, 2.75) is 10.6 Å². The van der Waals surface area contributed by atoms with Crippen molar-refractivity contribution in [1.29, 1.82) is 0 Å². The number of para-hydroxylation sites is 2. The number of aromatic amines is 1. The molecule has 25 heavy (non-hydrogen) atoms. The van der Waals surface area contributed by atoms with E-state index in [-0.39, 0.29) is 5.69 Å². The van der Waals surface area contributed by atoms with Crippen LogP contribution in [0, 0.1) is 10.1 Å². The fourth-order valence-corrected chi connectivity index (χ4v) is 3.50. The van der Waals surface area contributed by atoms with E-state index in [1.54, 1.807) is 30.2 Å². The van der Waals surface area contributed by atoms with Gasteiger partial charge in [0, 0.05) is 22.6 Å². The number of non-ortho nitro benzene ring substituents is 1. The van der Waals surface area contributed by atoms with Crippen LogP contribution in [0.3, 0.4) is 0 Å². The average Bonchev–Trinajstić information content (AvgIpc) is 3.29. The van der Waals surface area contributed by atoms with Crippen LogP contribution in [0.4, 0.5) is 5.69 Å². The molecule has 0 fully saturated rings. The molecule has 0 bridgehead atoms. The van der Waals surface area contributed by atoms with E-state index in [2.05, 4.69) is 9.97 Å². The molecule has 0 saturated carbocycles. The lowest BCUT2D eigenvalue weighted by Crippen LogP contribution is -1.92. The molecular weight excluding hydrogens is 338 g/mol. The molecule has 0 radical (unpaired) electrons. The van der Waals surface area contributed by atoms with E-state index in [0.29, 0.717) is 17.1 Å². The molecule has 0 aliphatic carbocycles. The quantitative estimate of drug-likeness (QED) is 0.310. The average molecular weight is 351 g/mol. The van der Waals surface area contributed by atoms with Crippen LogP contribution >= 0.6 is 11.8 Å². The van der Waals surface area contributed by atoms with Crippen molar-refractivity contribution >= 4 is 28.5 Å². The molecule has 4 rings (SSSR count). The summed E-state index contributed by atoms with van der Waals surface area (Å²) in [5.74, 6) is 2.10. The molecule has 0 aliphatic heterocycles. The highest BCUT2D eigenvalue weighted by atomic mass is 32.2. The molecule has 2 aromatic heterocycles. The smallest absolute Gasteiger partial charge is 0.270 e. The zero-order valence-electron chi connectivity index (χ0n) is 13.0. The highest BCUT2D eigenvalue weighted by molar-refractivity contribution is 7.98. The molecular formula is C18H13N3O3S. The Bertz CT molecular complexity index is 1010. The number of furan rings is 1. The van der Waals surface area contributed by atoms with E-state index in [4.69, 9.17) is 4.42 Å². The molecule has 2 aromatic carbocycles. The minimum absolute atomic E-state index is 0.0396. The third-order valence-electron chi connectivity index (χ3n) is 3.77. The number of thioether (sulfide) groups is 1. The Balaban J connectivity index is 1.76. The molecule has 0 saturated heterocycles. The number of nitrogens with one attached hydrogen (secondary N) is 1. The Labute approximate surface area is 147 Å². The normalized spacial score (nSPS) is 11.0. The molecule has 0 atom stereocenters. The van der Waals surface area contributed by atoms with Gasteiger partial charge in [0.05, 0.1) is 28.0 Å². The van der Waals surface area contributed by atoms with Gasteiger partial charge in [0.1, 0.15) is 11.6 Å². The van der Waals surface area contributed by atoms with Gasteiger partial charge in [0.15, 0.2) is 0 Å². The minimum atomic E-state index is -0.396. The van der Waals surface area contributed by atoms with Crippen LogP contribution in [-0.4, -0.2) is 14.9 Å². The Hall–Kier alpha value is -3.06. The number of H-pyrrole nitrogens is 1. The Morgan fingerprint density at radius 2 is 2.04 bits per heavy atom. The van der Waals surface area contributed by atoms with Gasteiger partial charge in [-0.25, -0.2) is 4.98 Å². The molecule has 6 nitrogen and oxygen atoms in total. The van der Waals surface area contributed by atoms with Gasteiger partial charge in [0.2, 0.25) is 0 Å². The van der Waals surface area contributed by atoms with Gasteiger partial charge in [-0.2, -0.15) is 0 Å². The summed E-state index contributed by atoms with van der Waals surface area (Å²) in [5.41, 5.74) is 2.47. The molecule has 0 aliphatic rings. The predicted octanol–water partition coefficient (Wildman–Crippen LogP) is 5.02. The molecule has 0 unspecified atom stereocenters. The topological polar surface area (TPSA) is 85.0 Å². The standard InChI is InChI=1S/C18H13N3O3S/c22-21(23)12-7-8-17(25-11-13-4-3-9-24-13)14(10-12)18-19-15-5-1-2-6-16(15)20-18/h1-10H,11H2,(H,19,20). The fraction of sp³-hybridized carbons (Fsp3) is 0.0556. The van der Waals surface area contributed by atoms with Crippen LogP contribution in [0.2, 0.25) is 0 Å². The summed E-state index contributed by atoms with van der Waals surface area (Å²) in [7, 11) is 0. The Morgan fingerprint density at radius 3 is 2.80 bits per heavy atom. The first-order valence-electron chi connectivity index (χ1n) is 7.59. The number of nitro groups is 1. The second-order valence-corrected chi connectivity index (χ2v) is 6.43. The zero-order valence-corrected chi connectivity index (χ0v) is 13.8. The third-order valence-corrected chi connectivity index (χ3v) is 4.86. The number of nitro benzene ring substituents is 1. The first-order chi connectivity index (χ1) is 12.2. The summed E-state index contributed by atoms with van der Waals surface area (Å²) < 4.78 is 5.36. The summed E-state index contributed by atoms with van der Waals surface area (Å²) in [5, 5.41) is 11.2. The maximum absolute atomic E-state index is 11.2. The summed E-state index contributed by atoms with van der Waals surface area (Å²) in [4.78, 5) is 19.5. The van der Waals surface area contributed by atoms with Crippen molar-refractivity contribution < 1.29 is 9.34 Å². The van der Waals surface area contributed by atoms with E-state index in [1.807, 2.05) is 36.4 Å². The van der Waals surface area contributed by atoms with Gasteiger partial charge >= 0.3 is 0 Å². The number of hydrogen-bond acceptors (Lipinski definition) is 5. The lowest BCUT2D eigenvalue weighted by atomic mass is 10.2. The van der Waals surface area contributed by atoms with Crippen LogP contribution in [0.1, 0.15) is 5.76 Å². The second-order valence-electron chi connectivity index (χ2n) is 5.41. The van der Waals surface area contributed by atoms with Gasteiger partial charge in [-0.05, 0) is 30.3 Å². The van der Waals surface area contributed by atoms with Gasteiger partial charge in [-0.1, -0.05) is 12.1 Å². The number of aromatic nitrogens is 2. The van der Waals surface area contributed by atoms with E-state index in [1.165, 1.54) is 6.07 Å². The first kappa shape index (κ1) is 15.5. The van der Waals surface area contributed by atoms with Gasteiger partial charge in [0.25, 0.3) is 5.69 Å². The molecule has 0 spiro atoms. The van der Waals surface area contributed by atoms with E-state index in [9.17, 15) is 10.1 Å². The van der Waals surface area contributed by atoms with Gasteiger partial charge in [-0.3, -0.25) is 10.1 Å². The van der Waals surface area contributed by atoms with Crippen LogP contribution < -0.4 is 0 Å². The Kier molecular flexibility index (Phi) is 3.99. The van der Waals surface area contributed by atoms with Crippen LogP contribution in [0.15, 0.2) is 70.2 Å². The minimum Gasteiger partial charge on any atom is -0.468 e. The van der Waals surface area contributed by atoms with E-state index < -0.39 is 4.92 Å². The van der Waals surface area contributed by atoms with Crippen molar-refractivity contribution in [3.05, 3.63) is 76.7 Å². The first-order valence-corrected chi connectivity index (χ1v) is 8.58. The number of fused-ring (bicyclic) bond motifs is 1. The highest BCUT2D eigenvalue weighted by Crippen LogP contribution is 2.35. The van der Waals surface area contributed by atoms with Crippen LogP contribution in [0.25, 0.3) is 22.4 Å². The predicted molar refractivity (Wildman–Crippen MR) is 96.5 cm³/mol. The SMILES string of the molecule is O=[N+]([O-])c1ccc(SCc2ccco2)c(-c2nc3ccccc3[nH]2)c1. The molecule has 124 valence electrons. The number of imidazole rings is 1. The second kappa shape index (κ2) is 6.45. The lowest BCUT2D eigenvalue weighted by molar-refractivity contribution is -0.384. The van der Waals surface area contributed by atoms with Crippen LogP contribution in [0.5, 0.6) is 0 Å². The molecule has 0 amide bonds. The lowest BCUT2D eigenvalue weighted by Gasteiger charge is -2.06. The molecule has 2 heterocycles. The van der Waals surface area contributed by atoms with Crippen molar-refractivity contribution in [3.8, 4) is 11.4 Å². The maximum atomic E-state index is 11.2. The summed E-state index contributed by atoms with van der Waals surface area (Å²) in [6.45, 7) is 0. The van der Waals surface area contributed by atoms with E-state index >= 15 is 0 Å². The summed E-state index contributed by atoms with van der Waals surface area (Å²) >= 11 is 1.55. The summed E-state index contributed by atoms with van der Waals surface area (Å²) in [6.07, 6.45) is 1.63. The van der Waals surface area contributed by atoms with Crippen molar-refractivity contribution in [3.63, 3.8) is 0 Å². The summed E-state index contributed by atoms with van der Waals surface area (Å²) in [6, 6.07) is 16.2. The molecule has 4 aromatic rings. The van der Waals surface area contributed by atoms with Crippen molar-refractivity contribution in [2.75, 3.05) is 0 Å². The van der Waals surface area contributed by atoms with E-state index in [0.717, 1.165) is 21.7 Å². The number of benzene rings is 2. The van der Waals surface area contributed by atoms with Crippen LogP contribution in [-0.2, 0) is 5.75 Å². The maximum Gasteiger partial charge on any atom is 0.270 e. The molecule has 7 heteroatoms. The van der Waals surface area contributed by atoms with Crippen molar-refractivity contribution in [1.82, 2.24) is 9.97 Å². The number of hydrogen-bond donors (Lipinski definition) is 1. The van der Waals surface area contributed by atoms with Gasteiger partial charge in [-0.15, -0.1) is 11.8 Å². The highest BCUT2D eigenvalue weighted by Gasteiger charge is 2.16. The van der Waals surface area contributed by atoms with Crippen molar-refractivity contribution in [2.24, 2.45) is 0 Å². The van der Waals surface area contributed by atoms with Gasteiger partial charge < -0.3 is 9.40 Å². The largest absolute Gasteiger partial charge is 0.468 e. The number of nitrogens with zero attached hydrogens (tertiary/aromatic N) is 2. The Morgan fingerprint density at radius 1 is 1.16 bits per heavy atom. The monoisotopic (exact) mass is 351 g/mol. The fourth-order valence-electron chi connectivity index (χ4n) is 2.57. The zero-order chi connectivity index (χ0) is 17.2.